The van der Waals surface area contributed by atoms with Crippen LogP contribution in [0.1, 0.15) is 28.8 Å². The molecule has 1 fully saturated rings. The van der Waals surface area contributed by atoms with Gasteiger partial charge in [0.05, 0.1) is 18.7 Å². The number of benzene rings is 2. The Hall–Kier alpha value is -2.24. The predicted octanol–water partition coefficient (Wildman–Crippen LogP) is 3.31. The number of methoxy groups -OCH3 is 1. The monoisotopic (exact) mass is 374 g/mol. The van der Waals surface area contributed by atoms with Gasteiger partial charge in [0.25, 0.3) is 5.91 Å². The highest BCUT2D eigenvalue weighted by atomic mass is 35.5. The van der Waals surface area contributed by atoms with Crippen LogP contribution >= 0.6 is 11.6 Å². The van der Waals surface area contributed by atoms with E-state index in [1.807, 2.05) is 25.1 Å². The summed E-state index contributed by atoms with van der Waals surface area (Å²) in [5.74, 6) is 0.918. The summed E-state index contributed by atoms with van der Waals surface area (Å²) in [5, 5.41) is 0.359. The lowest BCUT2D eigenvalue weighted by Crippen LogP contribution is -2.32. The first-order valence-corrected chi connectivity index (χ1v) is 9.03. The van der Waals surface area contributed by atoms with Gasteiger partial charge in [-0.2, -0.15) is 0 Å². The first-order valence-electron chi connectivity index (χ1n) is 8.65. The molecule has 6 heteroatoms. The van der Waals surface area contributed by atoms with Crippen molar-refractivity contribution in [2.75, 3.05) is 26.8 Å². The first-order chi connectivity index (χ1) is 12.5. The van der Waals surface area contributed by atoms with Crippen molar-refractivity contribution in [3.63, 3.8) is 0 Å². The van der Waals surface area contributed by atoms with Crippen molar-refractivity contribution in [3.05, 3.63) is 58.6 Å². The van der Waals surface area contributed by atoms with Gasteiger partial charge in [0.15, 0.2) is 11.5 Å². The Morgan fingerprint density at radius 2 is 2.00 bits per heavy atom. The number of nitrogens with zero attached hydrogens (tertiary/aromatic N) is 1. The van der Waals surface area contributed by atoms with E-state index in [1.54, 1.807) is 17.0 Å². The van der Waals surface area contributed by atoms with Crippen LogP contribution in [0.2, 0.25) is 5.02 Å². The van der Waals surface area contributed by atoms with E-state index in [1.165, 1.54) is 7.11 Å². The van der Waals surface area contributed by atoms with Crippen LogP contribution in [0.4, 0.5) is 0 Å². The molecule has 1 aliphatic rings. The first kappa shape index (κ1) is 18.5. The lowest BCUT2D eigenvalue weighted by molar-refractivity contribution is 0.0788. The fourth-order valence-electron chi connectivity index (χ4n) is 3.36. The van der Waals surface area contributed by atoms with Crippen LogP contribution in [0.25, 0.3) is 0 Å². The minimum absolute atomic E-state index is 0.0959. The molecule has 1 amide bonds. The second kappa shape index (κ2) is 7.98. The van der Waals surface area contributed by atoms with E-state index in [9.17, 15) is 4.79 Å². The second-order valence-corrected chi connectivity index (χ2v) is 6.72. The number of halogens is 1. The van der Waals surface area contributed by atoms with E-state index in [2.05, 4.69) is 12.1 Å². The van der Waals surface area contributed by atoms with Gasteiger partial charge in [0.1, 0.15) is 0 Å². The lowest BCUT2D eigenvalue weighted by Gasteiger charge is -2.18. The molecule has 1 aliphatic heterocycles. The van der Waals surface area contributed by atoms with E-state index < -0.39 is 0 Å². The van der Waals surface area contributed by atoms with Gasteiger partial charge in [0.2, 0.25) is 0 Å². The SMILES string of the molecule is CCOc1c(Cl)cc(C(=O)N2C[C@@H](N)[C@H](c3ccccc3)C2)cc1OC. The molecule has 2 atom stereocenters. The van der Waals surface area contributed by atoms with Crippen LogP contribution < -0.4 is 15.2 Å². The highest BCUT2D eigenvalue weighted by Crippen LogP contribution is 2.37. The number of hydrogen-bond donors (Lipinski definition) is 1. The third kappa shape index (κ3) is 3.64. The fraction of sp³-hybridized carbons (Fsp3) is 0.350. The Bertz CT molecular complexity index is 782. The maximum atomic E-state index is 13.0. The van der Waals surface area contributed by atoms with Crippen molar-refractivity contribution in [1.82, 2.24) is 4.90 Å². The molecule has 26 heavy (non-hydrogen) atoms. The molecule has 138 valence electrons. The fourth-order valence-corrected chi connectivity index (χ4v) is 3.62. The molecule has 0 spiro atoms. The van der Waals surface area contributed by atoms with Gasteiger partial charge < -0.3 is 20.1 Å². The van der Waals surface area contributed by atoms with Crippen molar-refractivity contribution in [2.45, 2.75) is 18.9 Å². The van der Waals surface area contributed by atoms with E-state index in [4.69, 9.17) is 26.8 Å². The van der Waals surface area contributed by atoms with Gasteiger partial charge in [-0.1, -0.05) is 41.9 Å². The molecule has 1 heterocycles. The average Bonchev–Trinajstić information content (AvgIpc) is 3.05. The smallest absolute Gasteiger partial charge is 0.254 e. The molecule has 0 saturated carbocycles. The Morgan fingerprint density at radius 3 is 2.65 bits per heavy atom. The minimum atomic E-state index is -0.109. The zero-order chi connectivity index (χ0) is 18.7. The van der Waals surface area contributed by atoms with Crippen LogP contribution in [0.5, 0.6) is 11.5 Å². The highest BCUT2D eigenvalue weighted by Gasteiger charge is 2.34. The molecule has 0 radical (unpaired) electrons. The molecular weight excluding hydrogens is 352 g/mol. The minimum Gasteiger partial charge on any atom is -0.493 e. The standard InChI is InChI=1S/C20H23ClN2O3/c1-3-26-19-16(21)9-14(10-18(19)25-2)20(24)23-11-15(17(22)12-23)13-7-5-4-6-8-13/h4-10,15,17H,3,11-12,22H2,1-2H3/t15-,17+/m0/s1. The summed E-state index contributed by atoms with van der Waals surface area (Å²) in [6.45, 7) is 3.41. The zero-order valence-electron chi connectivity index (χ0n) is 14.9. The largest absolute Gasteiger partial charge is 0.493 e. The van der Waals surface area contributed by atoms with Crippen molar-refractivity contribution in [1.29, 1.82) is 0 Å². The van der Waals surface area contributed by atoms with Gasteiger partial charge in [-0.15, -0.1) is 0 Å². The summed E-state index contributed by atoms with van der Waals surface area (Å²) >= 11 is 6.30. The molecule has 5 nitrogen and oxygen atoms in total. The van der Waals surface area contributed by atoms with E-state index >= 15 is 0 Å². The zero-order valence-corrected chi connectivity index (χ0v) is 15.7. The molecule has 1 saturated heterocycles. The molecule has 0 bridgehead atoms. The van der Waals surface area contributed by atoms with Crippen molar-refractivity contribution < 1.29 is 14.3 Å². The van der Waals surface area contributed by atoms with Gasteiger partial charge in [-0.3, -0.25) is 4.79 Å². The lowest BCUT2D eigenvalue weighted by atomic mass is 9.95. The average molecular weight is 375 g/mol. The van der Waals surface area contributed by atoms with Crippen molar-refractivity contribution in [3.8, 4) is 11.5 Å². The normalized spacial score (nSPS) is 19.5. The van der Waals surface area contributed by atoms with E-state index in [-0.39, 0.29) is 17.9 Å². The van der Waals surface area contributed by atoms with Crippen LogP contribution in [0.3, 0.4) is 0 Å². The summed E-state index contributed by atoms with van der Waals surface area (Å²) in [4.78, 5) is 14.7. The van der Waals surface area contributed by atoms with E-state index in [0.717, 1.165) is 5.56 Å². The number of likely N-dealkylation sites (tertiary alicyclic amines) is 1. The number of ether oxygens (including phenoxy) is 2. The van der Waals surface area contributed by atoms with Crippen LogP contribution in [-0.2, 0) is 0 Å². The van der Waals surface area contributed by atoms with Crippen LogP contribution in [0.15, 0.2) is 42.5 Å². The number of carbonyl (C=O) groups excluding carboxylic acids is 1. The summed E-state index contributed by atoms with van der Waals surface area (Å²) in [6.07, 6.45) is 0. The molecule has 2 N–H and O–H groups in total. The third-order valence-electron chi connectivity index (χ3n) is 4.65. The summed E-state index contributed by atoms with van der Waals surface area (Å²) in [7, 11) is 1.53. The van der Waals surface area contributed by atoms with Crippen LogP contribution in [0, 0.1) is 0 Å². The number of carbonyl (C=O) groups is 1. The molecule has 2 aromatic rings. The number of hydrogen-bond acceptors (Lipinski definition) is 4. The maximum Gasteiger partial charge on any atom is 0.254 e. The second-order valence-electron chi connectivity index (χ2n) is 6.31. The maximum absolute atomic E-state index is 13.0. The quantitative estimate of drug-likeness (QED) is 0.872. The van der Waals surface area contributed by atoms with Gasteiger partial charge >= 0.3 is 0 Å². The molecule has 0 aliphatic carbocycles. The van der Waals surface area contributed by atoms with Gasteiger partial charge in [0, 0.05) is 30.6 Å². The van der Waals surface area contributed by atoms with E-state index in [0.29, 0.717) is 41.8 Å². The summed E-state index contributed by atoms with van der Waals surface area (Å²) < 4.78 is 10.8. The Labute approximate surface area is 158 Å². The van der Waals surface area contributed by atoms with Gasteiger partial charge in [-0.25, -0.2) is 0 Å². The Kier molecular flexibility index (Phi) is 5.69. The number of rotatable bonds is 5. The molecular formula is C20H23ClN2O3. The van der Waals surface area contributed by atoms with Crippen LogP contribution in [-0.4, -0.2) is 43.7 Å². The summed E-state index contributed by atoms with van der Waals surface area (Å²) in [6, 6.07) is 13.2. The highest BCUT2D eigenvalue weighted by molar-refractivity contribution is 6.32. The molecule has 0 aromatic heterocycles. The number of amides is 1. The Morgan fingerprint density at radius 1 is 1.27 bits per heavy atom. The topological polar surface area (TPSA) is 64.8 Å². The third-order valence-corrected chi connectivity index (χ3v) is 4.93. The predicted molar refractivity (Wildman–Crippen MR) is 102 cm³/mol. The Balaban J connectivity index is 1.83. The van der Waals surface area contributed by atoms with Gasteiger partial charge in [-0.05, 0) is 24.6 Å². The van der Waals surface area contributed by atoms with Crippen molar-refractivity contribution >= 4 is 17.5 Å². The number of nitrogens with two attached hydrogens (primary N) is 1. The van der Waals surface area contributed by atoms with Crippen molar-refractivity contribution in [2.24, 2.45) is 5.73 Å². The molecule has 3 rings (SSSR count). The molecule has 0 unspecified atom stereocenters. The summed E-state index contributed by atoms with van der Waals surface area (Å²) in [5.41, 5.74) is 7.92. The molecule has 2 aromatic carbocycles.